The minimum absolute atomic E-state index is 0.0333. The smallest absolute Gasteiger partial charge is 0.414 e. The molecule has 210 valence electrons. The van der Waals surface area contributed by atoms with Crippen molar-refractivity contribution in [2.75, 3.05) is 37.8 Å². The highest BCUT2D eigenvalue weighted by Gasteiger charge is 2.45. The van der Waals surface area contributed by atoms with Gasteiger partial charge < -0.3 is 14.1 Å². The average Bonchev–Trinajstić information content (AvgIpc) is 3.42. The second-order valence-electron chi connectivity index (χ2n) is 10.6. The molecule has 1 fully saturated rings. The van der Waals surface area contributed by atoms with Crippen molar-refractivity contribution in [2.45, 2.75) is 91.5 Å². The number of hydrogen-bond acceptors (Lipinski definition) is 10. The summed E-state index contributed by atoms with van der Waals surface area (Å²) in [6.45, 7) is 21.0. The van der Waals surface area contributed by atoms with Crippen LogP contribution in [0.4, 0.5) is 5.82 Å². The van der Waals surface area contributed by atoms with E-state index < -0.39 is 34.6 Å². The van der Waals surface area contributed by atoms with Gasteiger partial charge in [0.25, 0.3) is 0 Å². The van der Waals surface area contributed by atoms with E-state index in [9.17, 15) is 4.57 Å². The van der Waals surface area contributed by atoms with Gasteiger partial charge in [0.15, 0.2) is 25.3 Å². The summed E-state index contributed by atoms with van der Waals surface area (Å²) in [7, 11) is -5.83. The Morgan fingerprint density at radius 1 is 1.11 bits per heavy atom. The third kappa shape index (κ3) is 6.79. The number of phosphoric acid groups is 1. The summed E-state index contributed by atoms with van der Waals surface area (Å²) in [6, 6.07) is 0. The minimum Gasteiger partial charge on any atom is -0.414 e. The van der Waals surface area contributed by atoms with E-state index >= 15 is 0 Å². The van der Waals surface area contributed by atoms with Crippen LogP contribution in [-0.4, -0.2) is 73.0 Å². The van der Waals surface area contributed by atoms with E-state index in [4.69, 9.17) is 22.7 Å². The Kier molecular flexibility index (Phi) is 9.93. The normalized spacial score (nSPS) is 21.2. The van der Waals surface area contributed by atoms with Crippen molar-refractivity contribution in [1.29, 1.82) is 0 Å². The lowest BCUT2D eigenvalue weighted by Gasteiger charge is -2.37. The van der Waals surface area contributed by atoms with Gasteiger partial charge in [0.2, 0.25) is 0 Å². The standard InChI is InChI=1S/C24H44N5O6PSi/c1-10-28(11-2)22-21-23(26-16-25-22)29(17-27-21)20-14-18(35-36(30,31-12-3)32-13-4)19(34-20)15-33-37(8,9)24(5,6)7/h16-20H,10-15H2,1-9H3/t18-,19+,20+/m0/s1. The molecular formula is C24H44N5O6PSi. The lowest BCUT2D eigenvalue weighted by atomic mass is 10.2. The molecule has 0 N–H and O–H groups in total. The summed E-state index contributed by atoms with van der Waals surface area (Å²) in [6.07, 6.45) is 2.18. The number of nitrogens with zero attached hydrogens (tertiary/aromatic N) is 5. The highest BCUT2D eigenvalue weighted by molar-refractivity contribution is 7.48. The lowest BCUT2D eigenvalue weighted by molar-refractivity contribution is -0.0423. The zero-order valence-corrected chi connectivity index (χ0v) is 25.7. The first kappa shape index (κ1) is 30.1. The number of aromatic nitrogens is 4. The van der Waals surface area contributed by atoms with Crippen molar-refractivity contribution in [3.05, 3.63) is 12.7 Å². The van der Waals surface area contributed by atoms with Crippen LogP contribution < -0.4 is 4.90 Å². The van der Waals surface area contributed by atoms with Gasteiger partial charge in [-0.15, -0.1) is 0 Å². The zero-order valence-electron chi connectivity index (χ0n) is 23.8. The first-order valence-corrected chi connectivity index (χ1v) is 17.6. The van der Waals surface area contributed by atoms with Gasteiger partial charge in [-0.1, -0.05) is 20.8 Å². The van der Waals surface area contributed by atoms with Crippen molar-refractivity contribution in [3.8, 4) is 0 Å². The van der Waals surface area contributed by atoms with E-state index in [1.165, 1.54) is 0 Å². The predicted octanol–water partition coefficient (Wildman–Crippen LogP) is 5.55. The highest BCUT2D eigenvalue weighted by Crippen LogP contribution is 2.53. The molecule has 1 aliphatic heterocycles. The fourth-order valence-electron chi connectivity index (χ4n) is 4.02. The molecule has 11 nitrogen and oxygen atoms in total. The first-order chi connectivity index (χ1) is 17.4. The van der Waals surface area contributed by atoms with E-state index in [-0.39, 0.29) is 18.3 Å². The van der Waals surface area contributed by atoms with E-state index in [1.807, 2.05) is 4.57 Å². The van der Waals surface area contributed by atoms with Crippen LogP contribution in [0.1, 0.15) is 61.1 Å². The number of rotatable bonds is 13. The Balaban J connectivity index is 1.92. The molecule has 0 aliphatic carbocycles. The summed E-state index contributed by atoms with van der Waals surface area (Å²) in [5, 5.41) is 0.0333. The largest absolute Gasteiger partial charge is 0.475 e. The second-order valence-corrected chi connectivity index (χ2v) is 17.0. The molecule has 1 saturated heterocycles. The maximum atomic E-state index is 13.3. The molecular weight excluding hydrogens is 513 g/mol. The molecule has 0 saturated carbocycles. The molecule has 3 atom stereocenters. The van der Waals surface area contributed by atoms with Crippen LogP contribution in [0.2, 0.25) is 18.1 Å². The number of anilines is 1. The Labute approximate surface area is 222 Å². The quantitative estimate of drug-likeness (QED) is 0.230. The average molecular weight is 558 g/mol. The molecule has 2 aromatic heterocycles. The fraction of sp³-hybridized carbons (Fsp3) is 0.792. The summed E-state index contributed by atoms with van der Waals surface area (Å²) in [5.41, 5.74) is 1.38. The summed E-state index contributed by atoms with van der Waals surface area (Å²) < 4.78 is 45.0. The highest BCUT2D eigenvalue weighted by atomic mass is 31.2. The van der Waals surface area contributed by atoms with Crippen molar-refractivity contribution < 1.29 is 27.3 Å². The van der Waals surface area contributed by atoms with Crippen molar-refractivity contribution in [1.82, 2.24) is 19.5 Å². The van der Waals surface area contributed by atoms with Gasteiger partial charge in [0, 0.05) is 19.5 Å². The van der Waals surface area contributed by atoms with E-state index in [2.05, 4.69) is 67.6 Å². The van der Waals surface area contributed by atoms with Gasteiger partial charge in [0.1, 0.15) is 24.8 Å². The summed E-state index contributed by atoms with van der Waals surface area (Å²) in [5.74, 6) is 0.787. The number of phosphoric ester groups is 1. The van der Waals surface area contributed by atoms with Gasteiger partial charge in [-0.3, -0.25) is 18.1 Å². The number of hydrogen-bond donors (Lipinski definition) is 0. The van der Waals surface area contributed by atoms with E-state index in [0.29, 0.717) is 24.2 Å². The Morgan fingerprint density at radius 3 is 2.32 bits per heavy atom. The maximum absolute atomic E-state index is 13.3. The fourth-order valence-corrected chi connectivity index (χ4v) is 6.42. The van der Waals surface area contributed by atoms with Gasteiger partial charge >= 0.3 is 7.82 Å². The van der Waals surface area contributed by atoms with Crippen LogP contribution in [0.3, 0.4) is 0 Å². The van der Waals surface area contributed by atoms with Gasteiger partial charge in [0.05, 0.1) is 26.1 Å². The third-order valence-electron chi connectivity index (χ3n) is 7.15. The van der Waals surface area contributed by atoms with Crippen LogP contribution in [0.5, 0.6) is 0 Å². The molecule has 37 heavy (non-hydrogen) atoms. The SMILES string of the molecule is CCOP(=O)(OCC)O[C@H]1C[C@H](n2cnc3c(N(CC)CC)ncnc32)O[C@@H]1CO[Si](C)(C)C(C)(C)C. The van der Waals surface area contributed by atoms with Gasteiger partial charge in [-0.25, -0.2) is 19.5 Å². The molecule has 0 bridgehead atoms. The van der Waals surface area contributed by atoms with Crippen molar-refractivity contribution >= 4 is 33.1 Å². The molecule has 0 radical (unpaired) electrons. The minimum atomic E-state index is -3.76. The molecule has 1 aliphatic rings. The Morgan fingerprint density at radius 2 is 1.76 bits per heavy atom. The van der Waals surface area contributed by atoms with Crippen LogP contribution >= 0.6 is 7.82 Å². The Bertz CT molecular complexity index is 1060. The topological polar surface area (TPSA) is 110 Å². The molecule has 0 amide bonds. The second kappa shape index (κ2) is 12.2. The Hall–Kier alpha value is -1.40. The monoisotopic (exact) mass is 557 g/mol. The molecule has 3 heterocycles. The van der Waals surface area contributed by atoms with Crippen molar-refractivity contribution in [2.24, 2.45) is 0 Å². The number of ether oxygens (including phenoxy) is 1. The number of imidazole rings is 1. The predicted molar refractivity (Wildman–Crippen MR) is 146 cm³/mol. The molecule has 0 spiro atoms. The first-order valence-electron chi connectivity index (χ1n) is 13.2. The molecule has 0 unspecified atom stereocenters. The van der Waals surface area contributed by atoms with Crippen molar-refractivity contribution in [3.63, 3.8) is 0 Å². The lowest BCUT2D eigenvalue weighted by Crippen LogP contribution is -2.44. The maximum Gasteiger partial charge on any atom is 0.475 e. The van der Waals surface area contributed by atoms with Crippen LogP contribution in [-0.2, 0) is 27.3 Å². The van der Waals surface area contributed by atoms with Crippen LogP contribution in [0.25, 0.3) is 11.2 Å². The van der Waals surface area contributed by atoms with Crippen LogP contribution in [0.15, 0.2) is 12.7 Å². The molecule has 13 heteroatoms. The summed E-state index contributed by atoms with van der Waals surface area (Å²) >= 11 is 0. The summed E-state index contributed by atoms with van der Waals surface area (Å²) in [4.78, 5) is 15.8. The molecule has 3 rings (SSSR count). The van der Waals surface area contributed by atoms with E-state index in [0.717, 1.165) is 18.9 Å². The zero-order chi connectivity index (χ0) is 27.4. The molecule has 2 aromatic rings. The van der Waals surface area contributed by atoms with Gasteiger partial charge in [-0.05, 0) is 45.8 Å². The third-order valence-corrected chi connectivity index (χ3v) is 13.3. The van der Waals surface area contributed by atoms with Gasteiger partial charge in [-0.2, -0.15) is 0 Å². The van der Waals surface area contributed by atoms with Crippen LogP contribution in [0, 0.1) is 0 Å². The molecule has 0 aromatic carbocycles. The number of fused-ring (bicyclic) bond motifs is 1. The van der Waals surface area contributed by atoms with E-state index in [1.54, 1.807) is 26.5 Å².